The minimum Gasteiger partial charge on any atom is -0.329 e. The van der Waals surface area contributed by atoms with Crippen molar-refractivity contribution < 1.29 is 17.7 Å². The molecule has 0 spiro atoms. The van der Waals surface area contributed by atoms with Gasteiger partial charge in [0, 0.05) is 12.1 Å². The minimum absolute atomic E-state index is 0. The smallest absolute Gasteiger partial charge is 0.324 e. The molecule has 0 aromatic heterocycles. The maximum absolute atomic E-state index is 13.6. The molecule has 0 heterocycles. The van der Waals surface area contributed by atoms with Gasteiger partial charge >= 0.3 is 5.69 Å². The van der Waals surface area contributed by atoms with Crippen molar-refractivity contribution in [3.63, 3.8) is 0 Å². The Labute approximate surface area is 141 Å². The highest BCUT2D eigenvalue weighted by molar-refractivity contribution is 7.89. The topological polar surface area (TPSA) is 115 Å². The molecular weight excluding hydrogens is 349 g/mol. The highest BCUT2D eigenvalue weighted by Gasteiger charge is 2.35. The first kappa shape index (κ1) is 21.7. The summed E-state index contributed by atoms with van der Waals surface area (Å²) in [5.74, 6) is -1.05. The molecule has 0 radical (unpaired) electrons. The Bertz CT molecular complexity index is 669. The molecule has 0 amide bonds. The molecule has 1 aromatic rings. The third-order valence-electron chi connectivity index (χ3n) is 3.11. The van der Waals surface area contributed by atoms with E-state index in [9.17, 15) is 22.9 Å². The van der Waals surface area contributed by atoms with E-state index in [1.807, 2.05) is 13.8 Å². The molecule has 7 nitrogen and oxygen atoms in total. The Morgan fingerprint density at radius 3 is 2.43 bits per heavy atom. The molecule has 1 unspecified atom stereocenters. The normalized spacial score (nSPS) is 14.2. The van der Waals surface area contributed by atoms with Crippen LogP contribution >= 0.6 is 12.4 Å². The zero-order chi connectivity index (χ0) is 17.1. The molecule has 1 aromatic carbocycles. The monoisotopic (exact) mass is 369 g/mol. The molecule has 3 N–H and O–H groups in total. The molecular formula is C13H21ClFN3O4S. The second-order valence-corrected chi connectivity index (χ2v) is 7.46. The molecule has 0 aliphatic carbocycles. The summed E-state index contributed by atoms with van der Waals surface area (Å²) in [5, 5.41) is 11.0. The van der Waals surface area contributed by atoms with Gasteiger partial charge in [-0.3, -0.25) is 10.1 Å². The molecule has 23 heavy (non-hydrogen) atoms. The van der Waals surface area contributed by atoms with E-state index in [2.05, 4.69) is 4.72 Å². The lowest BCUT2D eigenvalue weighted by molar-refractivity contribution is -0.390. The third kappa shape index (κ3) is 5.38. The van der Waals surface area contributed by atoms with Crippen molar-refractivity contribution in [3.8, 4) is 0 Å². The van der Waals surface area contributed by atoms with Crippen molar-refractivity contribution >= 4 is 28.1 Å². The molecule has 1 atom stereocenters. The lowest BCUT2D eigenvalue weighted by Gasteiger charge is -2.30. The number of nitrogens with one attached hydrogen (secondary N) is 1. The van der Waals surface area contributed by atoms with Gasteiger partial charge in [-0.2, -0.15) is 4.39 Å². The van der Waals surface area contributed by atoms with Crippen LogP contribution in [-0.2, 0) is 10.0 Å². The molecule has 0 fully saturated rings. The number of sulfonamides is 1. The van der Waals surface area contributed by atoms with Crippen LogP contribution in [0.25, 0.3) is 0 Å². The van der Waals surface area contributed by atoms with Crippen molar-refractivity contribution in [3.05, 3.63) is 34.1 Å². The van der Waals surface area contributed by atoms with E-state index < -0.39 is 36.9 Å². The fourth-order valence-corrected chi connectivity index (χ4v) is 3.95. The van der Waals surface area contributed by atoms with Crippen LogP contribution in [0.4, 0.5) is 10.1 Å². The number of halogens is 2. The number of rotatable bonds is 7. The van der Waals surface area contributed by atoms with Crippen LogP contribution in [0.5, 0.6) is 0 Å². The average Bonchev–Trinajstić information content (AvgIpc) is 2.36. The van der Waals surface area contributed by atoms with E-state index in [-0.39, 0.29) is 24.9 Å². The first-order valence-electron chi connectivity index (χ1n) is 6.69. The lowest BCUT2D eigenvalue weighted by Crippen LogP contribution is -2.52. The number of benzene rings is 1. The van der Waals surface area contributed by atoms with Crippen LogP contribution in [0.1, 0.15) is 27.2 Å². The van der Waals surface area contributed by atoms with Gasteiger partial charge in [0.1, 0.15) is 0 Å². The maximum Gasteiger partial charge on any atom is 0.324 e. The number of nitro groups is 1. The Balaban J connectivity index is 0.00000484. The Kier molecular flexibility index (Phi) is 7.55. The molecule has 0 aliphatic rings. The van der Waals surface area contributed by atoms with Crippen LogP contribution in [0, 0.1) is 21.8 Å². The van der Waals surface area contributed by atoms with E-state index in [0.717, 1.165) is 18.2 Å². The first-order valence-corrected chi connectivity index (χ1v) is 8.17. The van der Waals surface area contributed by atoms with Crippen LogP contribution < -0.4 is 10.5 Å². The van der Waals surface area contributed by atoms with Gasteiger partial charge in [-0.05, 0) is 31.4 Å². The molecule has 132 valence electrons. The Morgan fingerprint density at radius 1 is 1.43 bits per heavy atom. The molecule has 0 saturated heterocycles. The summed E-state index contributed by atoms with van der Waals surface area (Å²) in [6.45, 7) is 5.41. The minimum atomic E-state index is -4.29. The highest BCUT2D eigenvalue weighted by Crippen LogP contribution is 2.28. The quantitative estimate of drug-likeness (QED) is 0.564. The summed E-state index contributed by atoms with van der Waals surface area (Å²) >= 11 is 0. The zero-order valence-electron chi connectivity index (χ0n) is 13.1. The summed E-state index contributed by atoms with van der Waals surface area (Å²) in [7, 11) is -4.29. The van der Waals surface area contributed by atoms with Crippen LogP contribution in [0.15, 0.2) is 23.1 Å². The average molecular weight is 370 g/mol. The van der Waals surface area contributed by atoms with E-state index in [0.29, 0.717) is 6.42 Å². The Morgan fingerprint density at radius 2 is 2.00 bits per heavy atom. The number of nitrogens with two attached hydrogens (primary N) is 1. The van der Waals surface area contributed by atoms with Crippen LogP contribution in [0.3, 0.4) is 0 Å². The van der Waals surface area contributed by atoms with Gasteiger partial charge in [0.05, 0.1) is 4.92 Å². The number of nitrogens with zero attached hydrogens (tertiary/aromatic N) is 1. The second-order valence-electron chi connectivity index (χ2n) is 5.81. The standard InChI is InChI=1S/C13H20FN3O4S.ClH/c1-9(2)7-13(3,8-15)16-22(20,21)11-6-4-5-10(14)12(11)17(18)19;/h4-6,9,16H,7-8,15H2,1-3H3;1H. The van der Waals surface area contributed by atoms with Crippen molar-refractivity contribution in [2.24, 2.45) is 11.7 Å². The van der Waals surface area contributed by atoms with E-state index >= 15 is 0 Å². The predicted octanol–water partition coefficient (Wildman–Crippen LogP) is 2.20. The summed E-state index contributed by atoms with van der Waals surface area (Å²) in [5.41, 5.74) is 3.58. The van der Waals surface area contributed by atoms with Crippen molar-refractivity contribution in [1.29, 1.82) is 0 Å². The van der Waals surface area contributed by atoms with Gasteiger partial charge in [0.2, 0.25) is 15.8 Å². The Hall–Kier alpha value is -1.29. The molecule has 0 saturated carbocycles. The summed E-state index contributed by atoms with van der Waals surface area (Å²) in [4.78, 5) is 9.19. The molecule has 0 bridgehead atoms. The van der Waals surface area contributed by atoms with Gasteiger partial charge in [-0.1, -0.05) is 19.9 Å². The SMILES string of the molecule is CC(C)CC(C)(CN)NS(=O)(=O)c1cccc(F)c1[N+](=O)[O-].Cl. The van der Waals surface area contributed by atoms with Crippen molar-refractivity contribution in [1.82, 2.24) is 4.72 Å². The van der Waals surface area contributed by atoms with Crippen molar-refractivity contribution in [2.75, 3.05) is 6.54 Å². The highest BCUT2D eigenvalue weighted by atomic mass is 35.5. The fraction of sp³-hybridized carbons (Fsp3) is 0.538. The van der Waals surface area contributed by atoms with Gasteiger partial charge in [0.15, 0.2) is 4.90 Å². The summed E-state index contributed by atoms with van der Waals surface area (Å²) in [6.07, 6.45) is 0.436. The van der Waals surface area contributed by atoms with E-state index in [1.165, 1.54) is 0 Å². The molecule has 1 rings (SSSR count). The van der Waals surface area contributed by atoms with Gasteiger partial charge in [-0.25, -0.2) is 13.1 Å². The number of hydrogen-bond donors (Lipinski definition) is 2. The number of nitro benzene ring substituents is 1. The molecule has 10 heteroatoms. The number of para-hydroxylation sites is 1. The second kappa shape index (κ2) is 8.00. The third-order valence-corrected chi connectivity index (χ3v) is 4.78. The van der Waals surface area contributed by atoms with Gasteiger partial charge in [-0.15, -0.1) is 12.4 Å². The summed E-state index contributed by atoms with van der Waals surface area (Å²) in [6, 6.07) is 2.95. The zero-order valence-corrected chi connectivity index (χ0v) is 14.7. The largest absolute Gasteiger partial charge is 0.329 e. The lowest BCUT2D eigenvalue weighted by atomic mass is 9.92. The summed E-state index contributed by atoms with van der Waals surface area (Å²) < 4.78 is 40.8. The fourth-order valence-electron chi connectivity index (χ4n) is 2.34. The maximum atomic E-state index is 13.6. The van der Waals surface area contributed by atoms with E-state index in [1.54, 1.807) is 6.92 Å². The van der Waals surface area contributed by atoms with Crippen molar-refractivity contribution in [2.45, 2.75) is 37.6 Å². The van der Waals surface area contributed by atoms with E-state index in [4.69, 9.17) is 5.73 Å². The molecule has 0 aliphatic heterocycles. The van der Waals surface area contributed by atoms with Crippen LogP contribution in [0.2, 0.25) is 0 Å². The first-order chi connectivity index (χ1) is 10.0. The number of hydrogen-bond acceptors (Lipinski definition) is 5. The van der Waals surface area contributed by atoms with Crippen LogP contribution in [-0.4, -0.2) is 25.4 Å². The van der Waals surface area contributed by atoms with Gasteiger partial charge < -0.3 is 5.73 Å². The van der Waals surface area contributed by atoms with Gasteiger partial charge in [0.25, 0.3) is 0 Å². The predicted molar refractivity (Wildman–Crippen MR) is 87.5 cm³/mol.